The minimum Gasteiger partial charge on any atom is -0.354 e. The van der Waals surface area contributed by atoms with Gasteiger partial charge in [-0.3, -0.25) is 4.79 Å². The summed E-state index contributed by atoms with van der Waals surface area (Å²) in [6, 6.07) is 6.72. The molecule has 0 unspecified atom stereocenters. The fourth-order valence-electron chi connectivity index (χ4n) is 2.09. The van der Waals surface area contributed by atoms with E-state index in [4.69, 9.17) is 23.2 Å². The number of fused-ring (bicyclic) bond motifs is 1. The highest BCUT2D eigenvalue weighted by atomic mass is 35.5. The molecule has 0 saturated carbocycles. The number of benzene rings is 1. The van der Waals surface area contributed by atoms with E-state index < -0.39 is 0 Å². The maximum atomic E-state index is 11.9. The van der Waals surface area contributed by atoms with Crippen LogP contribution in [0.3, 0.4) is 0 Å². The molecule has 2 aromatic heterocycles. The molecule has 5 nitrogen and oxygen atoms in total. The van der Waals surface area contributed by atoms with Crippen LogP contribution in [0.5, 0.6) is 0 Å². The average Bonchev–Trinajstić information content (AvgIpc) is 2.81. The van der Waals surface area contributed by atoms with Crippen LogP contribution in [0.2, 0.25) is 10.0 Å². The Balaban J connectivity index is 1.92. The summed E-state index contributed by atoms with van der Waals surface area (Å²) >= 11 is 13.4. The summed E-state index contributed by atoms with van der Waals surface area (Å²) < 4.78 is 1.29. The van der Waals surface area contributed by atoms with Gasteiger partial charge in [-0.2, -0.15) is 4.52 Å². The molecule has 0 aliphatic rings. The molecular weight excluding hydrogens is 343 g/mol. The first-order chi connectivity index (χ1) is 10.4. The number of hydrogen-bond acceptors (Lipinski definition) is 5. The predicted molar refractivity (Wildman–Crippen MR) is 90.4 cm³/mol. The summed E-state index contributed by atoms with van der Waals surface area (Å²) in [5, 5.41) is 9.26. The van der Waals surface area contributed by atoms with Gasteiger partial charge >= 0.3 is 0 Å². The van der Waals surface area contributed by atoms with Crippen molar-refractivity contribution < 1.29 is 0 Å². The van der Waals surface area contributed by atoms with Crippen molar-refractivity contribution >= 4 is 44.6 Å². The van der Waals surface area contributed by atoms with Gasteiger partial charge in [0.25, 0.3) is 5.56 Å². The first-order valence-electron chi connectivity index (χ1n) is 6.53. The van der Waals surface area contributed by atoms with E-state index in [1.807, 2.05) is 13.0 Å². The van der Waals surface area contributed by atoms with Crippen LogP contribution in [-0.2, 0) is 0 Å². The maximum absolute atomic E-state index is 11.9. The van der Waals surface area contributed by atoms with Gasteiger partial charge < -0.3 is 5.32 Å². The Morgan fingerprint density at radius 3 is 2.82 bits per heavy atom. The van der Waals surface area contributed by atoms with Crippen LogP contribution >= 0.6 is 34.5 Å². The predicted octanol–water partition coefficient (Wildman–Crippen LogP) is 3.94. The molecule has 0 saturated heterocycles. The van der Waals surface area contributed by atoms with Gasteiger partial charge in [-0.1, -0.05) is 40.6 Å². The lowest BCUT2D eigenvalue weighted by molar-refractivity contribution is 0.845. The van der Waals surface area contributed by atoms with Crippen LogP contribution in [0.25, 0.3) is 4.96 Å². The molecule has 8 heteroatoms. The fraction of sp³-hybridized carbons (Fsp3) is 0.214. The topological polar surface area (TPSA) is 59.3 Å². The SMILES string of the molecule is Cc1cc(=O)n2nc(N[C@H](C)c3ccc(Cl)cc3Cl)sc2n1. The van der Waals surface area contributed by atoms with E-state index in [1.165, 1.54) is 21.9 Å². The van der Waals surface area contributed by atoms with Crippen molar-refractivity contribution in [1.82, 2.24) is 14.6 Å². The third-order valence-electron chi connectivity index (χ3n) is 3.14. The van der Waals surface area contributed by atoms with Gasteiger partial charge in [-0.05, 0) is 31.5 Å². The highest BCUT2D eigenvalue weighted by Gasteiger charge is 2.13. The number of nitrogens with zero attached hydrogens (tertiary/aromatic N) is 3. The minimum absolute atomic E-state index is 0.0814. The van der Waals surface area contributed by atoms with Crippen molar-refractivity contribution in [1.29, 1.82) is 0 Å². The molecule has 114 valence electrons. The van der Waals surface area contributed by atoms with E-state index in [0.29, 0.717) is 25.8 Å². The lowest BCUT2D eigenvalue weighted by Crippen LogP contribution is -2.15. The van der Waals surface area contributed by atoms with Crippen LogP contribution in [0, 0.1) is 6.92 Å². The highest BCUT2D eigenvalue weighted by molar-refractivity contribution is 7.20. The number of nitrogens with one attached hydrogen (secondary N) is 1. The molecule has 3 aromatic rings. The number of anilines is 1. The second-order valence-corrected chi connectivity index (χ2v) is 6.67. The van der Waals surface area contributed by atoms with E-state index in [-0.39, 0.29) is 11.6 Å². The van der Waals surface area contributed by atoms with Gasteiger partial charge in [0.15, 0.2) is 0 Å². The molecule has 0 fully saturated rings. The molecule has 0 spiro atoms. The quantitative estimate of drug-likeness (QED) is 0.773. The molecule has 0 bridgehead atoms. The molecule has 1 N–H and O–H groups in total. The first kappa shape index (κ1) is 15.3. The summed E-state index contributed by atoms with van der Waals surface area (Å²) in [5.74, 6) is 0. The number of aromatic nitrogens is 3. The zero-order valence-electron chi connectivity index (χ0n) is 11.8. The Kier molecular flexibility index (Phi) is 4.08. The maximum Gasteiger partial charge on any atom is 0.275 e. The number of hydrogen-bond donors (Lipinski definition) is 1. The van der Waals surface area contributed by atoms with Crippen molar-refractivity contribution in [3.05, 3.63) is 55.9 Å². The van der Waals surface area contributed by atoms with E-state index in [1.54, 1.807) is 19.1 Å². The molecule has 0 radical (unpaired) electrons. The van der Waals surface area contributed by atoms with Gasteiger partial charge in [0.1, 0.15) is 0 Å². The Morgan fingerprint density at radius 2 is 2.09 bits per heavy atom. The largest absolute Gasteiger partial charge is 0.354 e. The van der Waals surface area contributed by atoms with Crippen molar-refractivity contribution in [2.45, 2.75) is 19.9 Å². The van der Waals surface area contributed by atoms with Crippen LogP contribution in [0.1, 0.15) is 24.2 Å². The standard InChI is InChI=1S/C14H12Cl2N4OS/c1-7-5-12(21)20-14(17-7)22-13(19-20)18-8(2)10-4-3-9(15)6-11(10)16/h3-6,8H,1-2H3,(H,18,19)/t8-/m1/s1. The zero-order valence-corrected chi connectivity index (χ0v) is 14.1. The van der Waals surface area contributed by atoms with Gasteiger partial charge in [0.2, 0.25) is 10.1 Å². The summed E-state index contributed by atoms with van der Waals surface area (Å²) in [6.45, 7) is 3.74. The molecule has 3 rings (SSSR count). The van der Waals surface area contributed by atoms with Gasteiger partial charge in [0, 0.05) is 21.8 Å². The van der Waals surface area contributed by atoms with Crippen LogP contribution < -0.4 is 10.9 Å². The third kappa shape index (κ3) is 2.95. The van der Waals surface area contributed by atoms with E-state index >= 15 is 0 Å². The smallest absolute Gasteiger partial charge is 0.275 e. The van der Waals surface area contributed by atoms with Crippen molar-refractivity contribution in [2.24, 2.45) is 0 Å². The second-order valence-electron chi connectivity index (χ2n) is 4.87. The summed E-state index contributed by atoms with van der Waals surface area (Å²) in [6.07, 6.45) is 0. The van der Waals surface area contributed by atoms with Crippen molar-refractivity contribution in [3.8, 4) is 0 Å². The minimum atomic E-state index is -0.191. The zero-order chi connectivity index (χ0) is 15.9. The Bertz CT molecular complexity index is 905. The lowest BCUT2D eigenvalue weighted by Gasteiger charge is -2.14. The molecule has 2 heterocycles. The highest BCUT2D eigenvalue weighted by Crippen LogP contribution is 2.29. The molecule has 1 atom stereocenters. The monoisotopic (exact) mass is 354 g/mol. The Hall–Kier alpha value is -1.63. The molecule has 0 aliphatic carbocycles. The van der Waals surface area contributed by atoms with E-state index in [2.05, 4.69) is 15.4 Å². The fourth-order valence-corrected chi connectivity index (χ4v) is 3.60. The third-order valence-corrected chi connectivity index (χ3v) is 4.54. The van der Waals surface area contributed by atoms with E-state index in [9.17, 15) is 4.79 Å². The second kappa shape index (κ2) is 5.87. The Morgan fingerprint density at radius 1 is 1.32 bits per heavy atom. The summed E-state index contributed by atoms with van der Waals surface area (Å²) in [7, 11) is 0. The first-order valence-corrected chi connectivity index (χ1v) is 8.10. The normalized spacial score (nSPS) is 12.5. The lowest BCUT2D eigenvalue weighted by atomic mass is 10.1. The molecule has 22 heavy (non-hydrogen) atoms. The number of rotatable bonds is 3. The molecule has 1 aromatic carbocycles. The van der Waals surface area contributed by atoms with Crippen molar-refractivity contribution in [3.63, 3.8) is 0 Å². The summed E-state index contributed by atoms with van der Waals surface area (Å²) in [5.41, 5.74) is 1.39. The Labute approximate surface area is 140 Å². The van der Waals surface area contributed by atoms with E-state index in [0.717, 1.165) is 5.56 Å². The van der Waals surface area contributed by atoms with Crippen LogP contribution in [0.4, 0.5) is 5.13 Å². The average molecular weight is 355 g/mol. The van der Waals surface area contributed by atoms with Gasteiger partial charge in [-0.25, -0.2) is 4.98 Å². The van der Waals surface area contributed by atoms with Crippen molar-refractivity contribution in [2.75, 3.05) is 5.32 Å². The summed E-state index contributed by atoms with van der Waals surface area (Å²) in [4.78, 5) is 16.7. The van der Waals surface area contributed by atoms with Crippen LogP contribution in [0.15, 0.2) is 29.1 Å². The van der Waals surface area contributed by atoms with Gasteiger partial charge in [0.05, 0.1) is 6.04 Å². The molecule has 0 aliphatic heterocycles. The van der Waals surface area contributed by atoms with Crippen LogP contribution in [-0.4, -0.2) is 14.6 Å². The van der Waals surface area contributed by atoms with Gasteiger partial charge in [-0.15, -0.1) is 5.10 Å². The number of halogens is 2. The molecule has 0 amide bonds. The number of aryl methyl sites for hydroxylation is 1. The molecular formula is C14H12Cl2N4OS.